The van der Waals surface area contributed by atoms with E-state index in [2.05, 4.69) is 4.98 Å². The average molecular weight is 220 g/mol. The summed E-state index contributed by atoms with van der Waals surface area (Å²) in [6.07, 6.45) is 1.51. The van der Waals surface area contributed by atoms with Crippen LogP contribution in [0.5, 0.6) is 0 Å². The summed E-state index contributed by atoms with van der Waals surface area (Å²) in [7, 11) is 0. The maximum Gasteiger partial charge on any atom is 0.410 e. The molecule has 1 aliphatic heterocycles. The van der Waals surface area contributed by atoms with Gasteiger partial charge in [0.2, 0.25) is 0 Å². The molecule has 1 amide bonds. The summed E-state index contributed by atoms with van der Waals surface area (Å²) < 4.78 is 5.18. The lowest BCUT2D eigenvalue weighted by atomic mass is 10.2. The summed E-state index contributed by atoms with van der Waals surface area (Å²) in [4.78, 5) is 17.6. The van der Waals surface area contributed by atoms with E-state index < -0.39 is 0 Å². The molecule has 1 aromatic rings. The molecule has 0 aromatic carbocycles. The molecule has 0 saturated carbocycles. The van der Waals surface area contributed by atoms with E-state index in [1.165, 1.54) is 0 Å². The zero-order chi connectivity index (χ0) is 11.5. The number of aromatic nitrogens is 1. The van der Waals surface area contributed by atoms with Crippen LogP contribution in [-0.4, -0.2) is 22.6 Å². The lowest BCUT2D eigenvalue weighted by Gasteiger charge is -2.15. The van der Waals surface area contributed by atoms with Crippen molar-refractivity contribution in [2.45, 2.75) is 26.9 Å². The third kappa shape index (κ3) is 2.32. The molecule has 0 atom stereocenters. The van der Waals surface area contributed by atoms with E-state index in [-0.39, 0.29) is 6.09 Å². The Balaban J connectivity index is 1.93. The number of nitrogens with zero attached hydrogens (tertiary/aromatic N) is 2. The third-order valence-electron chi connectivity index (χ3n) is 2.48. The van der Waals surface area contributed by atoms with Gasteiger partial charge in [-0.25, -0.2) is 4.79 Å². The number of pyridine rings is 1. The topological polar surface area (TPSA) is 42.4 Å². The molecular weight excluding hydrogens is 204 g/mol. The molecule has 0 unspecified atom stereocenters. The molecule has 1 aromatic heterocycles. The number of carbonyl (C=O) groups excluding carboxylic acids is 1. The van der Waals surface area contributed by atoms with Gasteiger partial charge in [-0.2, -0.15) is 0 Å². The van der Waals surface area contributed by atoms with Crippen LogP contribution in [0.2, 0.25) is 0 Å². The zero-order valence-corrected chi connectivity index (χ0v) is 9.64. The summed E-state index contributed by atoms with van der Waals surface area (Å²) in [5.74, 6) is 0.368. The van der Waals surface area contributed by atoms with E-state index in [9.17, 15) is 4.79 Å². The van der Waals surface area contributed by atoms with Crippen LogP contribution in [0, 0.1) is 5.92 Å². The van der Waals surface area contributed by atoms with Gasteiger partial charge in [-0.3, -0.25) is 9.88 Å². The number of hydrogen-bond acceptors (Lipinski definition) is 3. The fourth-order valence-corrected chi connectivity index (χ4v) is 1.66. The molecule has 0 N–H and O–H groups in total. The van der Waals surface area contributed by atoms with Gasteiger partial charge in [-0.15, -0.1) is 0 Å². The lowest BCUT2D eigenvalue weighted by Crippen LogP contribution is -2.27. The van der Waals surface area contributed by atoms with Crippen molar-refractivity contribution in [3.63, 3.8) is 0 Å². The largest absolute Gasteiger partial charge is 0.449 e. The van der Waals surface area contributed by atoms with Crippen molar-refractivity contribution in [2.75, 3.05) is 6.61 Å². The van der Waals surface area contributed by atoms with E-state index in [1.807, 2.05) is 26.0 Å². The predicted octanol–water partition coefficient (Wildman–Crippen LogP) is 2.19. The molecule has 0 fully saturated rings. The highest BCUT2D eigenvalue weighted by atomic mass is 16.6. The first-order valence-corrected chi connectivity index (χ1v) is 5.51. The molecule has 2 rings (SSSR count). The Morgan fingerprint density at radius 3 is 3.06 bits per heavy atom. The molecule has 0 aliphatic carbocycles. The van der Waals surface area contributed by atoms with Crippen LogP contribution in [0.15, 0.2) is 18.3 Å². The van der Waals surface area contributed by atoms with Gasteiger partial charge in [0, 0.05) is 6.20 Å². The highest BCUT2D eigenvalue weighted by Crippen LogP contribution is 2.20. The Bertz CT molecular complexity index is 365. The molecule has 2 heterocycles. The van der Waals surface area contributed by atoms with Gasteiger partial charge in [0.05, 0.1) is 25.4 Å². The highest BCUT2D eigenvalue weighted by molar-refractivity contribution is 5.68. The van der Waals surface area contributed by atoms with Crippen molar-refractivity contribution >= 4 is 6.09 Å². The molecular formula is C12H16N2O2. The Hall–Kier alpha value is -1.58. The Labute approximate surface area is 95.2 Å². The second kappa shape index (κ2) is 4.51. The summed E-state index contributed by atoms with van der Waals surface area (Å²) in [6.45, 7) is 5.69. The van der Waals surface area contributed by atoms with Crippen LogP contribution in [0.1, 0.15) is 25.1 Å². The fraction of sp³-hybridized carbons (Fsp3) is 0.500. The van der Waals surface area contributed by atoms with E-state index in [1.54, 1.807) is 11.1 Å². The molecule has 4 heteroatoms. The summed E-state index contributed by atoms with van der Waals surface area (Å²) in [5.41, 5.74) is 2.09. The summed E-state index contributed by atoms with van der Waals surface area (Å²) in [6, 6.07) is 3.89. The Kier molecular flexibility index (Phi) is 3.08. The van der Waals surface area contributed by atoms with Crippen LogP contribution >= 0.6 is 0 Å². The van der Waals surface area contributed by atoms with Crippen molar-refractivity contribution in [2.24, 2.45) is 5.92 Å². The lowest BCUT2D eigenvalue weighted by molar-refractivity contribution is 0.0911. The molecule has 0 saturated heterocycles. The Morgan fingerprint density at radius 2 is 2.38 bits per heavy atom. The first-order valence-electron chi connectivity index (χ1n) is 5.51. The minimum atomic E-state index is -0.244. The third-order valence-corrected chi connectivity index (χ3v) is 2.48. The molecule has 16 heavy (non-hydrogen) atoms. The van der Waals surface area contributed by atoms with Crippen molar-refractivity contribution in [1.29, 1.82) is 0 Å². The smallest absolute Gasteiger partial charge is 0.410 e. The van der Waals surface area contributed by atoms with E-state index in [0.717, 1.165) is 11.3 Å². The Morgan fingerprint density at radius 1 is 1.56 bits per heavy atom. The van der Waals surface area contributed by atoms with Gasteiger partial charge in [-0.1, -0.05) is 19.9 Å². The SMILES string of the molecule is CC(C)COC(=O)N1Cc2cccnc2C1. The fourth-order valence-electron chi connectivity index (χ4n) is 1.66. The van der Waals surface area contributed by atoms with Gasteiger partial charge in [0.15, 0.2) is 0 Å². The summed E-state index contributed by atoms with van der Waals surface area (Å²) in [5, 5.41) is 0. The van der Waals surface area contributed by atoms with E-state index in [4.69, 9.17) is 4.74 Å². The van der Waals surface area contributed by atoms with Crippen molar-refractivity contribution < 1.29 is 9.53 Å². The molecule has 1 aliphatic rings. The first-order chi connectivity index (χ1) is 7.66. The number of hydrogen-bond donors (Lipinski definition) is 0. The monoisotopic (exact) mass is 220 g/mol. The van der Waals surface area contributed by atoms with Crippen molar-refractivity contribution in [3.05, 3.63) is 29.6 Å². The van der Waals surface area contributed by atoms with Gasteiger partial charge < -0.3 is 4.74 Å². The molecule has 0 spiro atoms. The van der Waals surface area contributed by atoms with Gasteiger partial charge in [0.1, 0.15) is 0 Å². The van der Waals surface area contributed by atoms with Crippen LogP contribution in [0.25, 0.3) is 0 Å². The second-order valence-corrected chi connectivity index (χ2v) is 4.44. The van der Waals surface area contributed by atoms with E-state index >= 15 is 0 Å². The van der Waals surface area contributed by atoms with Crippen molar-refractivity contribution in [1.82, 2.24) is 9.88 Å². The number of rotatable bonds is 2. The number of amides is 1. The highest BCUT2D eigenvalue weighted by Gasteiger charge is 2.24. The van der Waals surface area contributed by atoms with Gasteiger partial charge in [0.25, 0.3) is 0 Å². The van der Waals surface area contributed by atoms with Crippen LogP contribution < -0.4 is 0 Å². The van der Waals surface area contributed by atoms with Crippen LogP contribution in [0.3, 0.4) is 0 Å². The minimum absolute atomic E-state index is 0.244. The molecule has 4 nitrogen and oxygen atoms in total. The van der Waals surface area contributed by atoms with E-state index in [0.29, 0.717) is 25.6 Å². The van der Waals surface area contributed by atoms with Crippen molar-refractivity contribution in [3.8, 4) is 0 Å². The average Bonchev–Trinajstić information content (AvgIpc) is 2.69. The van der Waals surface area contributed by atoms with Gasteiger partial charge in [-0.05, 0) is 17.5 Å². The minimum Gasteiger partial charge on any atom is -0.449 e. The molecule has 0 bridgehead atoms. The normalized spacial score (nSPS) is 14.1. The first kappa shape index (κ1) is 10.9. The summed E-state index contributed by atoms with van der Waals surface area (Å²) >= 11 is 0. The number of carbonyl (C=O) groups is 1. The molecule has 86 valence electrons. The quantitative estimate of drug-likeness (QED) is 0.767. The van der Waals surface area contributed by atoms with Crippen LogP contribution in [-0.2, 0) is 17.8 Å². The van der Waals surface area contributed by atoms with Crippen LogP contribution in [0.4, 0.5) is 4.79 Å². The standard InChI is InChI=1S/C12H16N2O2/c1-9(2)8-16-12(15)14-6-10-4-3-5-13-11(10)7-14/h3-5,9H,6-8H2,1-2H3. The predicted molar refractivity (Wildman–Crippen MR) is 59.7 cm³/mol. The maximum atomic E-state index is 11.7. The van der Waals surface area contributed by atoms with Gasteiger partial charge >= 0.3 is 6.09 Å². The second-order valence-electron chi connectivity index (χ2n) is 4.44. The number of fused-ring (bicyclic) bond motifs is 1. The molecule has 0 radical (unpaired) electrons. The maximum absolute atomic E-state index is 11.7. The zero-order valence-electron chi connectivity index (χ0n) is 9.64. The number of ether oxygens (including phenoxy) is 1.